The molecule has 9 heteroatoms. The Morgan fingerprint density at radius 1 is 0.351 bits per heavy atom. The van der Waals surface area contributed by atoms with Crippen molar-refractivity contribution < 1.29 is 0 Å². The lowest BCUT2D eigenvalue weighted by Gasteiger charge is -2.12. The maximum absolute atomic E-state index is 9.87. The van der Waals surface area contributed by atoms with Gasteiger partial charge in [-0.25, -0.2) is 24.5 Å². The molecular formula is C68H37N9. The molecule has 0 N–H and O–H groups in total. The first kappa shape index (κ1) is 44.3. The van der Waals surface area contributed by atoms with Gasteiger partial charge in [0.05, 0.1) is 75.8 Å². The van der Waals surface area contributed by atoms with E-state index in [1.165, 1.54) is 0 Å². The van der Waals surface area contributed by atoms with Crippen LogP contribution in [0.4, 0.5) is 17.1 Å². The zero-order valence-electron chi connectivity index (χ0n) is 40.9. The van der Waals surface area contributed by atoms with Crippen molar-refractivity contribution in [3.05, 3.63) is 264 Å². The second-order valence-electron chi connectivity index (χ2n) is 18.9. The van der Waals surface area contributed by atoms with Crippen molar-refractivity contribution in [2.45, 2.75) is 0 Å². The van der Waals surface area contributed by atoms with Crippen molar-refractivity contribution in [3.63, 3.8) is 0 Å². The van der Waals surface area contributed by atoms with E-state index in [0.29, 0.717) is 51.0 Å². The fourth-order valence-electron chi connectivity index (χ4n) is 11.2. The van der Waals surface area contributed by atoms with E-state index in [2.05, 4.69) is 174 Å². The lowest BCUT2D eigenvalue weighted by molar-refractivity contribution is 1.16. The summed E-state index contributed by atoms with van der Waals surface area (Å²) < 4.78 is 6.94. The standard InChI is InChI=1S/C68H37N9/c1-70-46-27-33-65-55(37-46)51-13-7-11-19-63(51)77(65)49-31-35-67-57(39-49)56-38-48(76-62-18-10-6-12-50(62)54-36-42(41-69)20-32-64(54)76)30-34-66(56)75(67)47-28-25-44(26-29-47)43-21-23-45(24-22-43)60-40-61(52-14-4-8-16-58(52)71-2)74-68(73-60)53-15-5-9-17-59(53)72-3/h4-40H. The van der Waals surface area contributed by atoms with Gasteiger partial charge in [0.2, 0.25) is 0 Å². The second kappa shape index (κ2) is 17.7. The smallest absolute Gasteiger partial charge is 0.198 e. The summed E-state index contributed by atoms with van der Waals surface area (Å²) in [6, 6.07) is 78.1. The van der Waals surface area contributed by atoms with E-state index in [4.69, 9.17) is 29.7 Å². The number of hydrogen-bond acceptors (Lipinski definition) is 3. The highest BCUT2D eigenvalue weighted by atomic mass is 15.0. The highest BCUT2D eigenvalue weighted by Gasteiger charge is 2.21. The summed E-state index contributed by atoms with van der Waals surface area (Å²) in [4.78, 5) is 21.2. The third-order valence-corrected chi connectivity index (χ3v) is 14.8. The Morgan fingerprint density at radius 2 is 0.792 bits per heavy atom. The minimum Gasteiger partial charge on any atom is -0.309 e. The molecule has 0 spiro atoms. The van der Waals surface area contributed by atoms with Crippen LogP contribution < -0.4 is 0 Å². The SMILES string of the molecule is [C-]#[N+]c1ccc2c(c1)c1ccccc1n2-c1ccc2c(c1)c1cc(-n3c4ccccc4c4cc(C#N)ccc43)ccc1n2-c1ccc(-c2ccc(-c3cc(-c4ccccc4[N+]#[C-])nc(-c4ccccc4[N+]#[C-])n3)cc2)cc1. The first-order chi connectivity index (χ1) is 38.0. The van der Waals surface area contributed by atoms with Crippen LogP contribution in [0.25, 0.3) is 142 Å². The summed E-state index contributed by atoms with van der Waals surface area (Å²) in [6.07, 6.45) is 0. The average Bonchev–Trinajstić information content (AvgIpc) is 4.30. The Hall–Kier alpha value is -11.4. The second-order valence-corrected chi connectivity index (χ2v) is 18.9. The van der Waals surface area contributed by atoms with Crippen LogP contribution in [0.2, 0.25) is 0 Å². The van der Waals surface area contributed by atoms with E-state index in [1.807, 2.05) is 72.8 Å². The summed E-state index contributed by atoms with van der Waals surface area (Å²) in [5.74, 6) is 0.422. The van der Waals surface area contributed by atoms with Gasteiger partial charge in [-0.1, -0.05) is 127 Å². The maximum Gasteiger partial charge on any atom is 0.198 e. The normalized spacial score (nSPS) is 11.3. The topological polar surface area (TPSA) is 77.4 Å². The van der Waals surface area contributed by atoms with Crippen molar-refractivity contribution in [2.75, 3.05) is 0 Å². The molecule has 354 valence electrons. The van der Waals surface area contributed by atoms with Gasteiger partial charge in [-0.3, -0.25) is 0 Å². The molecule has 0 saturated heterocycles. The van der Waals surface area contributed by atoms with Crippen LogP contribution in [0.5, 0.6) is 0 Å². The van der Waals surface area contributed by atoms with Crippen LogP contribution in [-0.4, -0.2) is 23.7 Å². The summed E-state index contributed by atoms with van der Waals surface area (Å²) in [5.41, 5.74) is 17.1. The van der Waals surface area contributed by atoms with E-state index in [1.54, 1.807) is 12.1 Å². The Bertz CT molecular complexity index is 4700. The van der Waals surface area contributed by atoms with Crippen molar-refractivity contribution in [1.82, 2.24) is 23.7 Å². The highest BCUT2D eigenvalue weighted by Crippen LogP contribution is 2.42. The first-order valence-corrected chi connectivity index (χ1v) is 25.0. The quantitative estimate of drug-likeness (QED) is 0.149. The van der Waals surface area contributed by atoms with Crippen LogP contribution in [0, 0.1) is 31.0 Å². The Morgan fingerprint density at radius 3 is 1.39 bits per heavy atom. The third kappa shape index (κ3) is 7.13. The molecule has 0 radical (unpaired) electrons. The lowest BCUT2D eigenvalue weighted by atomic mass is 10.0. The van der Waals surface area contributed by atoms with Gasteiger partial charge in [0.15, 0.2) is 17.1 Å². The predicted octanol–water partition coefficient (Wildman–Crippen LogP) is 18.0. The number of nitrogens with zero attached hydrogens (tertiary/aromatic N) is 9. The van der Waals surface area contributed by atoms with Gasteiger partial charge < -0.3 is 13.7 Å². The molecule has 9 nitrogen and oxygen atoms in total. The number of hydrogen-bond donors (Lipinski definition) is 0. The monoisotopic (exact) mass is 979 g/mol. The van der Waals surface area contributed by atoms with E-state index in [9.17, 15) is 5.26 Å². The molecule has 14 aromatic rings. The van der Waals surface area contributed by atoms with Crippen LogP contribution in [0.3, 0.4) is 0 Å². The number of nitriles is 1. The number of aromatic nitrogens is 5. The molecule has 4 heterocycles. The number of benzene rings is 10. The largest absolute Gasteiger partial charge is 0.309 e. The van der Waals surface area contributed by atoms with E-state index in [0.717, 1.165) is 99.2 Å². The third-order valence-electron chi connectivity index (χ3n) is 14.8. The van der Waals surface area contributed by atoms with Crippen molar-refractivity contribution >= 4 is 82.5 Å². The minimum absolute atomic E-state index is 0.422. The van der Waals surface area contributed by atoms with Crippen LogP contribution in [0.15, 0.2) is 224 Å². The van der Waals surface area contributed by atoms with Gasteiger partial charge in [-0.15, -0.1) is 0 Å². The molecule has 14 rings (SSSR count). The van der Waals surface area contributed by atoms with Gasteiger partial charge in [0, 0.05) is 60.7 Å². The van der Waals surface area contributed by atoms with Gasteiger partial charge in [-0.2, -0.15) is 5.26 Å². The van der Waals surface area contributed by atoms with Gasteiger partial charge >= 0.3 is 0 Å². The van der Waals surface area contributed by atoms with E-state index in [-0.39, 0.29) is 0 Å². The van der Waals surface area contributed by atoms with Crippen molar-refractivity contribution in [1.29, 1.82) is 5.26 Å². The number of para-hydroxylation sites is 4. The van der Waals surface area contributed by atoms with Crippen LogP contribution in [0.1, 0.15) is 5.56 Å². The maximum atomic E-state index is 9.87. The fraction of sp³-hybridized carbons (Fsp3) is 0. The molecule has 4 aromatic heterocycles. The molecule has 0 aliphatic rings. The number of fused-ring (bicyclic) bond motifs is 9. The van der Waals surface area contributed by atoms with E-state index < -0.39 is 0 Å². The van der Waals surface area contributed by atoms with Gasteiger partial charge in [0.25, 0.3) is 0 Å². The first-order valence-electron chi connectivity index (χ1n) is 25.0. The molecule has 0 amide bonds. The molecule has 0 aliphatic heterocycles. The molecule has 0 fully saturated rings. The molecule has 10 aromatic carbocycles. The van der Waals surface area contributed by atoms with Crippen molar-refractivity contribution in [3.8, 4) is 68.2 Å². The summed E-state index contributed by atoms with van der Waals surface area (Å²) >= 11 is 0. The molecule has 0 unspecified atom stereocenters. The number of rotatable bonds is 7. The molecule has 0 atom stereocenters. The van der Waals surface area contributed by atoms with Gasteiger partial charge in [-0.05, 0) is 114 Å². The fourth-order valence-corrected chi connectivity index (χ4v) is 11.2. The summed E-state index contributed by atoms with van der Waals surface area (Å²) in [7, 11) is 0. The van der Waals surface area contributed by atoms with Gasteiger partial charge in [0.1, 0.15) is 5.82 Å². The molecule has 0 aliphatic carbocycles. The zero-order valence-corrected chi connectivity index (χ0v) is 40.9. The minimum atomic E-state index is 0.422. The molecular weight excluding hydrogens is 943 g/mol. The highest BCUT2D eigenvalue weighted by molar-refractivity contribution is 6.14. The van der Waals surface area contributed by atoms with Crippen molar-refractivity contribution in [2.24, 2.45) is 0 Å². The summed E-state index contributed by atoms with van der Waals surface area (Å²) in [6.45, 7) is 23.5. The van der Waals surface area contributed by atoms with Crippen LogP contribution >= 0.6 is 0 Å². The Kier molecular flexibility index (Phi) is 10.2. The summed E-state index contributed by atoms with van der Waals surface area (Å²) in [5, 5.41) is 16.3. The predicted molar refractivity (Wildman–Crippen MR) is 310 cm³/mol. The Labute approximate surface area is 441 Å². The zero-order chi connectivity index (χ0) is 51.7. The molecule has 77 heavy (non-hydrogen) atoms. The molecule has 0 bridgehead atoms. The lowest BCUT2D eigenvalue weighted by Crippen LogP contribution is -1.97. The average molecular weight is 980 g/mol. The van der Waals surface area contributed by atoms with Crippen LogP contribution in [-0.2, 0) is 0 Å². The molecule has 0 saturated carbocycles. The Balaban J connectivity index is 0.896. The van der Waals surface area contributed by atoms with E-state index >= 15 is 0 Å².